The molecule has 1 aromatic heterocycles. The van der Waals surface area contributed by atoms with Crippen molar-refractivity contribution in [1.82, 2.24) is 15.0 Å². The van der Waals surface area contributed by atoms with E-state index in [0.717, 1.165) is 64.1 Å². The Bertz CT molecular complexity index is 701. The largest absolute Gasteiger partial charge is 0.379 e. The lowest BCUT2D eigenvalue weighted by atomic mass is 10.0. The number of aromatic nitrogens is 2. The van der Waals surface area contributed by atoms with Crippen LogP contribution in [-0.4, -0.2) is 48.0 Å². The number of nitrogens with zero attached hydrogens (tertiary/aromatic N) is 3. The third-order valence-electron chi connectivity index (χ3n) is 5.37. The highest BCUT2D eigenvalue weighted by molar-refractivity contribution is 5.54. The number of rotatable bonds is 6. The standard InChI is InChI=1S/C20H27N3O3/c1-2-25-20(9-3-4-10-20)19-21-18(22-26-19)17-7-5-16(6-8-17)15-23-11-13-24-14-12-23/h5-8H,2-4,9-15H2,1H3. The third kappa shape index (κ3) is 3.68. The van der Waals surface area contributed by atoms with E-state index in [4.69, 9.17) is 14.0 Å². The van der Waals surface area contributed by atoms with Gasteiger partial charge >= 0.3 is 0 Å². The van der Waals surface area contributed by atoms with Gasteiger partial charge in [0.25, 0.3) is 5.89 Å². The normalized spacial score (nSPS) is 20.5. The van der Waals surface area contributed by atoms with E-state index >= 15 is 0 Å². The maximum Gasteiger partial charge on any atom is 0.259 e. The fourth-order valence-corrected chi connectivity index (χ4v) is 3.94. The van der Waals surface area contributed by atoms with Crippen LogP contribution in [-0.2, 0) is 21.6 Å². The van der Waals surface area contributed by atoms with E-state index in [2.05, 4.69) is 39.3 Å². The molecule has 1 aliphatic carbocycles. The fraction of sp³-hybridized carbons (Fsp3) is 0.600. The van der Waals surface area contributed by atoms with Crippen LogP contribution in [0.25, 0.3) is 11.4 Å². The van der Waals surface area contributed by atoms with Crippen molar-refractivity contribution in [1.29, 1.82) is 0 Å². The first-order valence-electron chi connectivity index (χ1n) is 9.67. The van der Waals surface area contributed by atoms with Crippen LogP contribution >= 0.6 is 0 Å². The van der Waals surface area contributed by atoms with E-state index in [9.17, 15) is 0 Å². The highest BCUT2D eigenvalue weighted by Gasteiger charge is 2.41. The van der Waals surface area contributed by atoms with Crippen LogP contribution in [0.1, 0.15) is 44.1 Å². The molecule has 0 unspecified atom stereocenters. The molecular formula is C20H27N3O3. The van der Waals surface area contributed by atoms with Crippen LogP contribution in [0.3, 0.4) is 0 Å². The Morgan fingerprint density at radius 2 is 1.85 bits per heavy atom. The van der Waals surface area contributed by atoms with Crippen molar-refractivity contribution in [2.75, 3.05) is 32.9 Å². The van der Waals surface area contributed by atoms with Crippen molar-refractivity contribution in [2.24, 2.45) is 0 Å². The van der Waals surface area contributed by atoms with Gasteiger partial charge in [-0.05, 0) is 38.2 Å². The second-order valence-electron chi connectivity index (χ2n) is 7.14. The molecule has 0 radical (unpaired) electrons. The van der Waals surface area contributed by atoms with Crippen molar-refractivity contribution in [3.63, 3.8) is 0 Å². The number of benzene rings is 1. The molecule has 2 fully saturated rings. The minimum atomic E-state index is -0.379. The maximum absolute atomic E-state index is 6.02. The Labute approximate surface area is 154 Å². The number of ether oxygens (including phenoxy) is 2. The summed E-state index contributed by atoms with van der Waals surface area (Å²) in [5.74, 6) is 1.27. The Hall–Kier alpha value is -1.76. The Balaban J connectivity index is 1.47. The van der Waals surface area contributed by atoms with E-state index in [1.165, 1.54) is 5.56 Å². The van der Waals surface area contributed by atoms with E-state index in [1.807, 2.05) is 6.92 Å². The molecule has 6 nitrogen and oxygen atoms in total. The summed E-state index contributed by atoms with van der Waals surface area (Å²) in [6.45, 7) is 7.27. The molecule has 0 bridgehead atoms. The highest BCUT2D eigenvalue weighted by atomic mass is 16.5. The minimum Gasteiger partial charge on any atom is -0.379 e. The fourth-order valence-electron chi connectivity index (χ4n) is 3.94. The zero-order valence-corrected chi connectivity index (χ0v) is 15.4. The Morgan fingerprint density at radius 3 is 2.54 bits per heavy atom. The van der Waals surface area contributed by atoms with Crippen molar-refractivity contribution in [2.45, 2.75) is 44.8 Å². The Morgan fingerprint density at radius 1 is 1.12 bits per heavy atom. The quantitative estimate of drug-likeness (QED) is 0.790. The molecule has 0 atom stereocenters. The second-order valence-corrected chi connectivity index (χ2v) is 7.14. The predicted molar refractivity (Wildman–Crippen MR) is 97.6 cm³/mol. The van der Waals surface area contributed by atoms with Crippen LogP contribution in [0.15, 0.2) is 28.8 Å². The molecule has 0 spiro atoms. The van der Waals surface area contributed by atoms with Crippen molar-refractivity contribution in [3.05, 3.63) is 35.7 Å². The molecule has 4 rings (SSSR count). The smallest absolute Gasteiger partial charge is 0.259 e. The van der Waals surface area contributed by atoms with Gasteiger partial charge in [-0.25, -0.2) is 0 Å². The van der Waals surface area contributed by atoms with Crippen LogP contribution in [0.4, 0.5) is 0 Å². The summed E-state index contributed by atoms with van der Waals surface area (Å²) >= 11 is 0. The van der Waals surface area contributed by atoms with Gasteiger partial charge < -0.3 is 14.0 Å². The van der Waals surface area contributed by atoms with Gasteiger partial charge in [-0.1, -0.05) is 29.4 Å². The first-order chi connectivity index (χ1) is 12.8. The van der Waals surface area contributed by atoms with Gasteiger partial charge in [0.05, 0.1) is 13.2 Å². The third-order valence-corrected chi connectivity index (χ3v) is 5.37. The minimum absolute atomic E-state index is 0.379. The maximum atomic E-state index is 6.02. The van der Waals surface area contributed by atoms with Gasteiger partial charge in [0.2, 0.25) is 5.82 Å². The molecule has 1 saturated heterocycles. The second kappa shape index (κ2) is 7.86. The topological polar surface area (TPSA) is 60.6 Å². The van der Waals surface area contributed by atoms with E-state index in [0.29, 0.717) is 18.3 Å². The number of hydrogen-bond acceptors (Lipinski definition) is 6. The molecule has 1 aromatic carbocycles. The van der Waals surface area contributed by atoms with Gasteiger partial charge in [-0.2, -0.15) is 4.98 Å². The number of hydrogen-bond donors (Lipinski definition) is 0. The molecule has 2 aliphatic rings. The van der Waals surface area contributed by atoms with Crippen molar-refractivity contribution < 1.29 is 14.0 Å². The lowest BCUT2D eigenvalue weighted by Crippen LogP contribution is -2.35. The first-order valence-corrected chi connectivity index (χ1v) is 9.67. The van der Waals surface area contributed by atoms with Crippen molar-refractivity contribution in [3.8, 4) is 11.4 Å². The molecule has 2 heterocycles. The van der Waals surface area contributed by atoms with Gasteiger partial charge in [-0.15, -0.1) is 0 Å². The van der Waals surface area contributed by atoms with E-state index in [1.54, 1.807) is 0 Å². The molecule has 2 aromatic rings. The molecular weight excluding hydrogens is 330 g/mol. The van der Waals surface area contributed by atoms with Crippen molar-refractivity contribution >= 4 is 0 Å². The van der Waals surface area contributed by atoms with E-state index in [-0.39, 0.29) is 5.60 Å². The van der Waals surface area contributed by atoms with Crippen LogP contribution in [0, 0.1) is 0 Å². The molecule has 140 valence electrons. The lowest BCUT2D eigenvalue weighted by Gasteiger charge is -2.26. The van der Waals surface area contributed by atoms with E-state index < -0.39 is 0 Å². The molecule has 1 aliphatic heterocycles. The molecule has 26 heavy (non-hydrogen) atoms. The summed E-state index contributed by atoms with van der Waals surface area (Å²) in [4.78, 5) is 7.08. The number of morpholine rings is 1. The molecule has 6 heteroatoms. The summed E-state index contributed by atoms with van der Waals surface area (Å²) in [6.07, 6.45) is 4.21. The summed E-state index contributed by atoms with van der Waals surface area (Å²) in [5, 5.41) is 4.21. The summed E-state index contributed by atoms with van der Waals surface area (Å²) in [5.41, 5.74) is 1.90. The highest BCUT2D eigenvalue weighted by Crippen LogP contribution is 2.41. The predicted octanol–water partition coefficient (Wildman–Crippen LogP) is 3.37. The average Bonchev–Trinajstić information content (AvgIpc) is 3.34. The summed E-state index contributed by atoms with van der Waals surface area (Å²) in [6, 6.07) is 8.45. The van der Waals surface area contributed by atoms with Gasteiger partial charge in [0.15, 0.2) is 0 Å². The van der Waals surface area contributed by atoms with Gasteiger partial charge in [0, 0.05) is 31.8 Å². The zero-order chi connectivity index (χ0) is 17.8. The van der Waals surface area contributed by atoms with Gasteiger partial charge in [-0.3, -0.25) is 4.90 Å². The first kappa shape index (κ1) is 17.6. The lowest BCUT2D eigenvalue weighted by molar-refractivity contribution is -0.0610. The van der Waals surface area contributed by atoms with Gasteiger partial charge in [0.1, 0.15) is 5.60 Å². The average molecular weight is 357 g/mol. The van der Waals surface area contributed by atoms with Crippen LogP contribution in [0.5, 0.6) is 0 Å². The molecule has 0 N–H and O–H groups in total. The zero-order valence-electron chi connectivity index (χ0n) is 15.4. The van der Waals surface area contributed by atoms with Crippen LogP contribution in [0.2, 0.25) is 0 Å². The Kier molecular flexibility index (Phi) is 5.33. The molecule has 0 amide bonds. The summed E-state index contributed by atoms with van der Waals surface area (Å²) < 4.78 is 17.0. The van der Waals surface area contributed by atoms with Crippen LogP contribution < -0.4 is 0 Å². The summed E-state index contributed by atoms with van der Waals surface area (Å²) in [7, 11) is 0. The monoisotopic (exact) mass is 357 g/mol. The molecule has 1 saturated carbocycles. The SMILES string of the molecule is CCOC1(c2nc(-c3ccc(CN4CCOCC4)cc3)no2)CCCC1.